The summed E-state index contributed by atoms with van der Waals surface area (Å²) in [5.74, 6) is -0.386. The van der Waals surface area contributed by atoms with Crippen molar-refractivity contribution >= 4 is 74.6 Å². The first-order valence-corrected chi connectivity index (χ1v) is 10.9. The molecular formula is C23H15Cl3N4OS. The number of nitrogens with zero attached hydrogens (tertiary/aromatic N) is 1. The quantitative estimate of drug-likeness (QED) is 0.221. The number of hydrogen-bond donors (Lipinski definition) is 3. The molecule has 32 heavy (non-hydrogen) atoms. The van der Waals surface area contributed by atoms with E-state index in [9.17, 15) is 4.79 Å². The number of anilines is 1. The Morgan fingerprint density at radius 3 is 2.38 bits per heavy atom. The van der Waals surface area contributed by atoms with E-state index in [1.807, 2.05) is 42.5 Å². The van der Waals surface area contributed by atoms with Gasteiger partial charge in [-0.25, -0.2) is 4.98 Å². The first kappa shape index (κ1) is 22.3. The van der Waals surface area contributed by atoms with Crippen LogP contribution in [0, 0.1) is 0 Å². The number of fused-ring (bicyclic) bond motifs is 1. The summed E-state index contributed by atoms with van der Waals surface area (Å²) in [5.41, 5.74) is 8.27. The predicted molar refractivity (Wildman–Crippen MR) is 135 cm³/mol. The number of nitrogens with one attached hydrogen (secondary N) is 3. The highest BCUT2D eigenvalue weighted by atomic mass is 35.5. The molecule has 1 amide bonds. The number of carbonyl (C=O) groups is 1. The van der Waals surface area contributed by atoms with E-state index >= 15 is 0 Å². The van der Waals surface area contributed by atoms with Crippen molar-refractivity contribution in [1.29, 1.82) is 0 Å². The summed E-state index contributed by atoms with van der Waals surface area (Å²) in [6.45, 7) is 0. The molecule has 1 aromatic heterocycles. The van der Waals surface area contributed by atoms with Crippen molar-refractivity contribution < 1.29 is 4.79 Å². The topological polar surface area (TPSA) is 66.1 Å². The number of amides is 1. The molecule has 4 rings (SSSR count). The minimum Gasteiger partial charge on any atom is -0.330 e. The third kappa shape index (κ3) is 4.95. The molecule has 0 aliphatic rings. The molecule has 0 saturated carbocycles. The van der Waals surface area contributed by atoms with E-state index < -0.39 is 0 Å². The number of hydrazine groups is 1. The third-order valence-corrected chi connectivity index (χ3v) is 5.66. The van der Waals surface area contributed by atoms with E-state index in [2.05, 4.69) is 21.2 Å². The van der Waals surface area contributed by atoms with E-state index in [1.165, 1.54) is 0 Å². The van der Waals surface area contributed by atoms with Crippen molar-refractivity contribution in [3.63, 3.8) is 0 Å². The molecule has 0 aliphatic carbocycles. The van der Waals surface area contributed by atoms with Crippen molar-refractivity contribution in [2.24, 2.45) is 0 Å². The van der Waals surface area contributed by atoms with E-state index in [0.717, 1.165) is 5.56 Å². The molecule has 4 aromatic rings. The molecule has 3 aromatic carbocycles. The summed E-state index contributed by atoms with van der Waals surface area (Å²) in [5, 5.41) is 5.22. The number of hydrogen-bond acceptors (Lipinski definition) is 3. The number of rotatable bonds is 3. The van der Waals surface area contributed by atoms with Crippen molar-refractivity contribution in [2.75, 3.05) is 5.32 Å². The number of carbonyl (C=O) groups excluding carboxylic acids is 1. The van der Waals surface area contributed by atoms with E-state index in [4.69, 9.17) is 47.0 Å². The molecule has 0 unspecified atom stereocenters. The zero-order valence-corrected chi connectivity index (χ0v) is 19.4. The van der Waals surface area contributed by atoms with Gasteiger partial charge >= 0.3 is 0 Å². The number of benzene rings is 3. The smallest absolute Gasteiger partial charge is 0.270 e. The average Bonchev–Trinajstić information content (AvgIpc) is 2.79. The predicted octanol–water partition coefficient (Wildman–Crippen LogP) is 6.49. The maximum Gasteiger partial charge on any atom is 0.270 e. The highest BCUT2D eigenvalue weighted by molar-refractivity contribution is 7.80. The Morgan fingerprint density at radius 1 is 0.844 bits per heavy atom. The molecule has 0 saturated heterocycles. The van der Waals surface area contributed by atoms with E-state index in [0.29, 0.717) is 42.9 Å². The molecule has 0 radical (unpaired) electrons. The van der Waals surface area contributed by atoms with Crippen LogP contribution in [-0.4, -0.2) is 16.0 Å². The maximum absolute atomic E-state index is 13.0. The fourth-order valence-corrected chi connectivity index (χ4v) is 3.94. The lowest BCUT2D eigenvalue weighted by Crippen LogP contribution is -2.43. The van der Waals surface area contributed by atoms with Gasteiger partial charge in [0.15, 0.2) is 5.11 Å². The highest BCUT2D eigenvalue weighted by Crippen LogP contribution is 2.30. The normalized spacial score (nSPS) is 10.6. The molecule has 0 atom stereocenters. The Bertz CT molecular complexity index is 1350. The fourth-order valence-electron chi connectivity index (χ4n) is 3.10. The number of thiocarbonyl (C=S) groups is 1. The van der Waals surface area contributed by atoms with Gasteiger partial charge in [-0.15, -0.1) is 0 Å². The molecule has 0 fully saturated rings. The summed E-state index contributed by atoms with van der Waals surface area (Å²) in [4.78, 5) is 17.7. The third-order valence-electron chi connectivity index (χ3n) is 4.58. The molecule has 9 heteroatoms. The van der Waals surface area contributed by atoms with Crippen molar-refractivity contribution in [3.05, 3.63) is 93.4 Å². The van der Waals surface area contributed by atoms with Crippen LogP contribution in [-0.2, 0) is 0 Å². The number of para-hydroxylation sites is 1. The lowest BCUT2D eigenvalue weighted by Gasteiger charge is -2.14. The van der Waals surface area contributed by atoms with Gasteiger partial charge in [0.25, 0.3) is 5.91 Å². The monoisotopic (exact) mass is 500 g/mol. The minimum absolute atomic E-state index is 0.160. The van der Waals surface area contributed by atoms with Gasteiger partial charge < -0.3 is 5.32 Å². The first-order valence-electron chi connectivity index (χ1n) is 9.39. The minimum atomic E-state index is -0.386. The second-order valence-corrected chi connectivity index (χ2v) is 8.37. The number of halogens is 3. The van der Waals surface area contributed by atoms with Crippen LogP contribution in [0.15, 0.2) is 72.8 Å². The highest BCUT2D eigenvalue weighted by Gasteiger charge is 2.15. The van der Waals surface area contributed by atoms with Gasteiger partial charge in [-0.3, -0.25) is 15.6 Å². The largest absolute Gasteiger partial charge is 0.330 e. The summed E-state index contributed by atoms with van der Waals surface area (Å²) >= 11 is 23.7. The molecule has 0 aliphatic heterocycles. The molecule has 0 bridgehead atoms. The van der Waals surface area contributed by atoms with Gasteiger partial charge in [0.05, 0.1) is 27.5 Å². The Kier molecular flexibility index (Phi) is 6.77. The first-order chi connectivity index (χ1) is 15.4. The number of pyridine rings is 1. The molecule has 5 nitrogen and oxygen atoms in total. The van der Waals surface area contributed by atoms with Crippen molar-refractivity contribution in [1.82, 2.24) is 15.8 Å². The lowest BCUT2D eigenvalue weighted by molar-refractivity contribution is 0.0946. The van der Waals surface area contributed by atoms with Gasteiger partial charge in [0.2, 0.25) is 0 Å². The maximum atomic E-state index is 13.0. The molecule has 160 valence electrons. The second-order valence-electron chi connectivity index (χ2n) is 6.71. The lowest BCUT2D eigenvalue weighted by atomic mass is 10.0. The Morgan fingerprint density at radius 2 is 1.59 bits per heavy atom. The van der Waals surface area contributed by atoms with Crippen LogP contribution >= 0.6 is 47.0 Å². The molecule has 3 N–H and O–H groups in total. The van der Waals surface area contributed by atoms with Crippen molar-refractivity contribution in [3.8, 4) is 11.3 Å². The van der Waals surface area contributed by atoms with E-state index in [-0.39, 0.29) is 11.0 Å². The van der Waals surface area contributed by atoms with Crippen LogP contribution in [0.1, 0.15) is 10.4 Å². The van der Waals surface area contributed by atoms with E-state index in [1.54, 1.807) is 30.3 Å². The summed E-state index contributed by atoms with van der Waals surface area (Å²) in [7, 11) is 0. The van der Waals surface area contributed by atoms with Gasteiger partial charge in [-0.05, 0) is 48.6 Å². The van der Waals surface area contributed by atoms with Gasteiger partial charge in [-0.1, -0.05) is 71.2 Å². The van der Waals surface area contributed by atoms with Crippen LogP contribution in [0.3, 0.4) is 0 Å². The summed E-state index contributed by atoms with van der Waals surface area (Å²) in [6, 6.07) is 21.4. The Labute approximate surface area is 204 Å². The van der Waals surface area contributed by atoms with Crippen LogP contribution in [0.5, 0.6) is 0 Å². The SMILES string of the molecule is O=C(NNC(=S)Nc1ccc(Cl)cc1Cl)c1cc(-c2ccccc2Cl)nc2ccccc12. The van der Waals surface area contributed by atoms with Gasteiger partial charge in [-0.2, -0.15) is 0 Å². The number of aromatic nitrogens is 1. The van der Waals surface area contributed by atoms with Gasteiger partial charge in [0.1, 0.15) is 0 Å². The van der Waals surface area contributed by atoms with Gasteiger partial charge in [0, 0.05) is 21.0 Å². The fraction of sp³-hybridized carbons (Fsp3) is 0. The molecule has 0 spiro atoms. The van der Waals surface area contributed by atoms with Crippen LogP contribution in [0.4, 0.5) is 5.69 Å². The molecular weight excluding hydrogens is 487 g/mol. The summed E-state index contributed by atoms with van der Waals surface area (Å²) < 4.78 is 0. The van der Waals surface area contributed by atoms with Crippen LogP contribution in [0.25, 0.3) is 22.2 Å². The molecule has 1 heterocycles. The standard InChI is InChI=1S/C23H15Cl3N4OS/c24-13-9-10-20(18(26)11-13)28-23(32)30-29-22(31)16-12-21(15-6-1-3-7-17(15)25)27-19-8-4-2-5-14(16)19/h1-12H,(H,29,31)(H2,28,30,32). The second kappa shape index (κ2) is 9.71. The Balaban J connectivity index is 1.57. The van der Waals surface area contributed by atoms with Crippen molar-refractivity contribution in [2.45, 2.75) is 0 Å². The zero-order valence-electron chi connectivity index (χ0n) is 16.3. The van der Waals surface area contributed by atoms with Crippen LogP contribution < -0.4 is 16.2 Å². The Hall–Kier alpha value is -2.90. The average molecular weight is 502 g/mol. The van der Waals surface area contributed by atoms with Crippen LogP contribution in [0.2, 0.25) is 15.1 Å². The summed E-state index contributed by atoms with van der Waals surface area (Å²) in [6.07, 6.45) is 0. The zero-order chi connectivity index (χ0) is 22.7.